The van der Waals surface area contributed by atoms with Gasteiger partial charge in [-0.3, -0.25) is 20.2 Å². The van der Waals surface area contributed by atoms with E-state index < -0.39 is 17.8 Å². The number of pyridine rings is 1. The number of rotatable bonds is 7. The number of hydrogen-bond acceptors (Lipinski definition) is 9. The third-order valence-electron chi connectivity index (χ3n) is 7.87. The number of nitrogens with zero attached hydrogens (tertiary/aromatic N) is 5. The highest BCUT2D eigenvalue weighted by atomic mass is 19.4. The molecular weight excluding hydrogens is 613 g/mol. The zero-order valence-corrected chi connectivity index (χ0v) is 25.0. The SMILES string of the molecule is O=C(NN1CCOc2ccccc21)c1cnc2c(-c3nc(OCc4ccccc4)cc(C(F)(F)F)n3)cccc2c1N1CCOCC1. The van der Waals surface area contributed by atoms with Crippen LogP contribution in [0.3, 0.4) is 0 Å². The van der Waals surface area contributed by atoms with Crippen molar-refractivity contribution < 1.29 is 32.2 Å². The standard InChI is InChI=1S/C34H29F3N6O4/c35-34(36,37)28-19-29(47-21-22-7-2-1-3-8-22)40-32(39-28)24-10-6-9-23-30(24)38-20-25(31(23)42-13-16-45-17-14-42)33(44)41-43-15-18-46-27-12-5-4-11-26(27)43/h1-12,19-20H,13-18,21H2,(H,41,44). The normalized spacial score (nSPS) is 14.8. The maximum atomic E-state index is 14.0. The van der Waals surface area contributed by atoms with Crippen molar-refractivity contribution >= 4 is 28.2 Å². The van der Waals surface area contributed by atoms with Gasteiger partial charge in [-0.2, -0.15) is 18.2 Å². The van der Waals surface area contributed by atoms with Crippen LogP contribution in [0.2, 0.25) is 0 Å². The zero-order chi connectivity index (χ0) is 32.4. The highest BCUT2D eigenvalue weighted by Crippen LogP contribution is 2.37. The van der Waals surface area contributed by atoms with Crippen LogP contribution in [0, 0.1) is 0 Å². The number of alkyl halides is 3. The average molecular weight is 643 g/mol. The topological polar surface area (TPSA) is 102 Å². The van der Waals surface area contributed by atoms with Gasteiger partial charge in [-0.15, -0.1) is 0 Å². The summed E-state index contributed by atoms with van der Waals surface area (Å²) < 4.78 is 59.1. The van der Waals surface area contributed by atoms with Crippen LogP contribution in [0.15, 0.2) is 85.1 Å². The molecule has 1 saturated heterocycles. The molecule has 3 aromatic carbocycles. The summed E-state index contributed by atoms with van der Waals surface area (Å²) in [4.78, 5) is 28.8. The molecule has 47 heavy (non-hydrogen) atoms. The molecule has 13 heteroatoms. The number of para-hydroxylation sites is 3. The number of carbonyl (C=O) groups is 1. The van der Waals surface area contributed by atoms with Crippen LogP contribution in [0.5, 0.6) is 11.6 Å². The van der Waals surface area contributed by atoms with E-state index >= 15 is 0 Å². The minimum Gasteiger partial charge on any atom is -0.489 e. The molecule has 10 nitrogen and oxygen atoms in total. The molecule has 0 saturated carbocycles. The highest BCUT2D eigenvalue weighted by Gasteiger charge is 2.35. The molecule has 0 spiro atoms. The minimum atomic E-state index is -4.75. The fourth-order valence-electron chi connectivity index (χ4n) is 5.65. The molecule has 2 aromatic heterocycles. The second kappa shape index (κ2) is 12.8. The number of hydrogen-bond donors (Lipinski definition) is 1. The molecule has 1 amide bonds. The van der Waals surface area contributed by atoms with Gasteiger partial charge in [0, 0.05) is 36.3 Å². The van der Waals surface area contributed by atoms with Crippen LogP contribution in [-0.4, -0.2) is 60.3 Å². The summed E-state index contributed by atoms with van der Waals surface area (Å²) in [7, 11) is 0. The van der Waals surface area contributed by atoms with Gasteiger partial charge in [-0.1, -0.05) is 54.6 Å². The first kappa shape index (κ1) is 30.2. The Labute approximate surface area is 267 Å². The van der Waals surface area contributed by atoms with Gasteiger partial charge in [-0.25, -0.2) is 4.98 Å². The predicted octanol–water partition coefficient (Wildman–Crippen LogP) is 5.67. The van der Waals surface area contributed by atoms with Crippen molar-refractivity contribution in [1.29, 1.82) is 0 Å². The van der Waals surface area contributed by atoms with Gasteiger partial charge in [0.2, 0.25) is 5.88 Å². The lowest BCUT2D eigenvalue weighted by molar-refractivity contribution is -0.141. The molecule has 0 bridgehead atoms. The van der Waals surface area contributed by atoms with E-state index in [4.69, 9.17) is 14.2 Å². The minimum absolute atomic E-state index is 0.0235. The largest absolute Gasteiger partial charge is 0.489 e. The molecule has 1 N–H and O–H groups in total. The number of carbonyl (C=O) groups excluding carboxylic acids is 1. The molecule has 4 heterocycles. The number of aromatic nitrogens is 3. The van der Waals surface area contributed by atoms with Crippen LogP contribution in [0.25, 0.3) is 22.3 Å². The molecule has 0 atom stereocenters. The molecule has 0 aliphatic carbocycles. The van der Waals surface area contributed by atoms with Crippen LogP contribution in [0.4, 0.5) is 24.5 Å². The Hall–Kier alpha value is -5.43. The molecule has 240 valence electrons. The van der Waals surface area contributed by atoms with Gasteiger partial charge in [-0.05, 0) is 23.8 Å². The Morgan fingerprint density at radius 1 is 0.915 bits per heavy atom. The summed E-state index contributed by atoms with van der Waals surface area (Å²) in [5.74, 6) is -0.161. The molecule has 0 radical (unpaired) electrons. The first-order valence-electron chi connectivity index (χ1n) is 15.0. The van der Waals surface area contributed by atoms with E-state index in [1.807, 2.05) is 47.4 Å². The lowest BCUT2D eigenvalue weighted by atomic mass is 10.0. The first-order chi connectivity index (χ1) is 22.8. The number of fused-ring (bicyclic) bond motifs is 2. The molecule has 2 aliphatic rings. The van der Waals surface area contributed by atoms with E-state index in [2.05, 4.69) is 20.4 Å². The lowest BCUT2D eigenvalue weighted by Crippen LogP contribution is -2.47. The van der Waals surface area contributed by atoms with Gasteiger partial charge in [0.05, 0.1) is 42.2 Å². The van der Waals surface area contributed by atoms with Crippen molar-refractivity contribution in [3.63, 3.8) is 0 Å². The third kappa shape index (κ3) is 6.34. The zero-order valence-electron chi connectivity index (χ0n) is 25.0. The van der Waals surface area contributed by atoms with Crippen LogP contribution in [0.1, 0.15) is 21.6 Å². The summed E-state index contributed by atoms with van der Waals surface area (Å²) >= 11 is 0. The van der Waals surface area contributed by atoms with Gasteiger partial charge in [0.1, 0.15) is 19.0 Å². The van der Waals surface area contributed by atoms with Crippen LogP contribution in [-0.2, 0) is 17.5 Å². The Morgan fingerprint density at radius 3 is 2.51 bits per heavy atom. The number of morpholine rings is 1. The van der Waals surface area contributed by atoms with Gasteiger partial charge < -0.3 is 19.1 Å². The van der Waals surface area contributed by atoms with Crippen molar-refractivity contribution in [2.24, 2.45) is 0 Å². The average Bonchev–Trinajstić information content (AvgIpc) is 3.10. The quantitative estimate of drug-likeness (QED) is 0.241. The fourth-order valence-corrected chi connectivity index (χ4v) is 5.65. The summed E-state index contributed by atoms with van der Waals surface area (Å²) in [6.45, 7) is 2.74. The molecule has 2 aliphatic heterocycles. The van der Waals surface area contributed by atoms with Gasteiger partial charge in [0.25, 0.3) is 5.91 Å². The van der Waals surface area contributed by atoms with E-state index in [9.17, 15) is 18.0 Å². The van der Waals surface area contributed by atoms with Crippen molar-refractivity contribution in [2.45, 2.75) is 12.8 Å². The predicted molar refractivity (Wildman–Crippen MR) is 168 cm³/mol. The molecule has 1 fully saturated rings. The van der Waals surface area contributed by atoms with E-state index in [0.717, 1.165) is 17.3 Å². The maximum Gasteiger partial charge on any atom is 0.433 e. The Balaban J connectivity index is 1.30. The van der Waals surface area contributed by atoms with Crippen molar-refractivity contribution in [1.82, 2.24) is 20.4 Å². The first-order valence-corrected chi connectivity index (χ1v) is 15.0. The van der Waals surface area contributed by atoms with Crippen LogP contribution < -0.4 is 24.8 Å². The summed E-state index contributed by atoms with van der Waals surface area (Å²) in [5.41, 5.74) is 4.85. The van der Waals surface area contributed by atoms with Crippen molar-refractivity contribution in [3.05, 3.63) is 102 Å². The number of benzene rings is 3. The Kier molecular flexibility index (Phi) is 8.21. The van der Waals surface area contributed by atoms with E-state index in [-0.39, 0.29) is 23.9 Å². The maximum absolute atomic E-state index is 14.0. The van der Waals surface area contributed by atoms with Gasteiger partial charge in [0.15, 0.2) is 11.5 Å². The second-order valence-corrected chi connectivity index (χ2v) is 10.9. The van der Waals surface area contributed by atoms with E-state index in [1.165, 1.54) is 6.20 Å². The summed E-state index contributed by atoms with van der Waals surface area (Å²) in [6, 6.07) is 22.4. The van der Waals surface area contributed by atoms with Crippen molar-refractivity contribution in [3.8, 4) is 23.0 Å². The summed E-state index contributed by atoms with van der Waals surface area (Å²) in [6.07, 6.45) is -3.30. The molecule has 5 aromatic rings. The van der Waals surface area contributed by atoms with Gasteiger partial charge >= 0.3 is 6.18 Å². The Morgan fingerprint density at radius 2 is 1.70 bits per heavy atom. The number of anilines is 2. The number of ether oxygens (including phenoxy) is 3. The molecular formula is C34H29F3N6O4. The van der Waals surface area contributed by atoms with Crippen LogP contribution >= 0.6 is 0 Å². The van der Waals surface area contributed by atoms with E-state index in [1.54, 1.807) is 35.3 Å². The smallest absolute Gasteiger partial charge is 0.433 e. The fraction of sp³-hybridized carbons (Fsp3) is 0.235. The molecule has 7 rings (SSSR count). The number of nitrogens with one attached hydrogen (secondary N) is 1. The number of halogens is 3. The van der Waals surface area contributed by atoms with Crippen molar-refractivity contribution in [2.75, 3.05) is 49.4 Å². The number of amides is 1. The number of hydrazine groups is 1. The monoisotopic (exact) mass is 642 g/mol. The highest BCUT2D eigenvalue weighted by molar-refractivity contribution is 6.10. The van der Waals surface area contributed by atoms with E-state index in [0.29, 0.717) is 67.4 Å². The molecule has 0 unspecified atom stereocenters. The Bertz CT molecular complexity index is 1920. The lowest BCUT2D eigenvalue weighted by Gasteiger charge is -2.33. The third-order valence-corrected chi connectivity index (χ3v) is 7.87. The summed E-state index contributed by atoms with van der Waals surface area (Å²) in [5, 5.41) is 2.30. The second-order valence-electron chi connectivity index (χ2n) is 10.9.